The lowest BCUT2D eigenvalue weighted by Crippen LogP contribution is -2.44. The van der Waals surface area contributed by atoms with Crippen LogP contribution in [-0.2, 0) is 0 Å². The van der Waals surface area contributed by atoms with Crippen LogP contribution in [0.3, 0.4) is 0 Å². The number of hydrogen-bond acceptors (Lipinski definition) is 4. The highest BCUT2D eigenvalue weighted by molar-refractivity contribution is 5.82. The maximum Gasteiger partial charge on any atom is 0.103 e. The Morgan fingerprint density at radius 3 is 2.10 bits per heavy atom. The summed E-state index contributed by atoms with van der Waals surface area (Å²) in [7, 11) is 14.8. The van der Waals surface area contributed by atoms with Gasteiger partial charge in [0, 0.05) is 57.9 Å². The zero-order chi connectivity index (χ0) is 15.0. The number of rotatable bonds is 3. The molecule has 1 heterocycles. The van der Waals surface area contributed by atoms with Gasteiger partial charge in [0.1, 0.15) is 6.17 Å². The molecule has 20 heavy (non-hydrogen) atoms. The molecule has 1 aromatic rings. The first-order valence-electron chi connectivity index (χ1n) is 6.93. The average Bonchev–Trinajstić information content (AvgIpc) is 2.37. The molecule has 1 aromatic carbocycles. The summed E-state index contributed by atoms with van der Waals surface area (Å²) in [6, 6.07) is 6.67. The van der Waals surface area contributed by atoms with E-state index in [1.165, 1.54) is 22.6 Å². The number of benzene rings is 1. The van der Waals surface area contributed by atoms with Gasteiger partial charge in [-0.2, -0.15) is 0 Å². The summed E-state index contributed by atoms with van der Waals surface area (Å²) in [4.78, 5) is 8.90. The highest BCUT2D eigenvalue weighted by Crippen LogP contribution is 2.37. The number of likely N-dealkylation sites (N-methyl/N-ethyl adjacent to an activating group) is 2. The summed E-state index contributed by atoms with van der Waals surface area (Å²) in [5.74, 6) is 0. The van der Waals surface area contributed by atoms with Gasteiger partial charge in [-0.15, -0.1) is 0 Å². The summed E-state index contributed by atoms with van der Waals surface area (Å²) >= 11 is 0. The quantitative estimate of drug-likeness (QED) is 0.835. The first-order chi connectivity index (χ1) is 9.32. The highest BCUT2D eigenvalue weighted by Gasteiger charge is 2.26. The van der Waals surface area contributed by atoms with Crippen LogP contribution in [-0.4, -0.2) is 65.3 Å². The molecule has 0 saturated carbocycles. The fourth-order valence-electron chi connectivity index (χ4n) is 2.68. The standard InChI is InChI=1S/C16H26N4/c1-17(2)12-8-9-13-14(18(3)4)11-16(19(5)6)20(7)15(13)10-12/h8-11,16H,1-7H3. The Labute approximate surface area is 122 Å². The van der Waals surface area contributed by atoms with Crippen LogP contribution in [0.1, 0.15) is 5.56 Å². The molecule has 1 aliphatic rings. The van der Waals surface area contributed by atoms with E-state index in [9.17, 15) is 0 Å². The van der Waals surface area contributed by atoms with Crippen molar-refractivity contribution in [1.82, 2.24) is 9.80 Å². The molecule has 0 aliphatic carbocycles. The van der Waals surface area contributed by atoms with Crippen LogP contribution in [0.5, 0.6) is 0 Å². The lowest BCUT2D eigenvalue weighted by molar-refractivity contribution is 0.336. The molecule has 0 saturated heterocycles. The Hall–Kier alpha value is -1.68. The zero-order valence-corrected chi connectivity index (χ0v) is 13.7. The molecule has 0 spiro atoms. The number of anilines is 2. The summed E-state index contributed by atoms with van der Waals surface area (Å²) in [5.41, 5.74) is 5.08. The third-order valence-electron chi connectivity index (χ3n) is 3.87. The van der Waals surface area contributed by atoms with Crippen molar-refractivity contribution >= 4 is 17.1 Å². The molecular weight excluding hydrogens is 248 g/mol. The molecule has 1 atom stereocenters. The Bertz CT molecular complexity index is 517. The van der Waals surface area contributed by atoms with E-state index in [0.717, 1.165) is 0 Å². The van der Waals surface area contributed by atoms with E-state index in [0.29, 0.717) is 0 Å². The normalized spacial score (nSPS) is 17.9. The second kappa shape index (κ2) is 5.37. The topological polar surface area (TPSA) is 13.0 Å². The molecule has 4 nitrogen and oxygen atoms in total. The van der Waals surface area contributed by atoms with E-state index in [1.807, 2.05) is 0 Å². The van der Waals surface area contributed by atoms with E-state index in [2.05, 4.69) is 93.2 Å². The monoisotopic (exact) mass is 274 g/mol. The van der Waals surface area contributed by atoms with Crippen molar-refractivity contribution in [2.24, 2.45) is 0 Å². The lowest BCUT2D eigenvalue weighted by Gasteiger charge is -2.40. The molecule has 4 heteroatoms. The van der Waals surface area contributed by atoms with E-state index in [4.69, 9.17) is 0 Å². The molecular formula is C16H26N4. The molecule has 0 amide bonds. The predicted molar refractivity (Wildman–Crippen MR) is 88.3 cm³/mol. The van der Waals surface area contributed by atoms with Gasteiger partial charge in [-0.1, -0.05) is 0 Å². The highest BCUT2D eigenvalue weighted by atomic mass is 15.3. The minimum Gasteiger partial charge on any atom is -0.378 e. The van der Waals surface area contributed by atoms with Crippen molar-refractivity contribution in [3.63, 3.8) is 0 Å². The van der Waals surface area contributed by atoms with E-state index < -0.39 is 0 Å². The van der Waals surface area contributed by atoms with Crippen molar-refractivity contribution in [3.05, 3.63) is 29.8 Å². The Kier molecular flexibility index (Phi) is 3.95. The predicted octanol–water partition coefficient (Wildman–Crippen LogP) is 1.99. The van der Waals surface area contributed by atoms with Crippen LogP contribution in [0.4, 0.5) is 11.4 Å². The van der Waals surface area contributed by atoms with Crippen LogP contribution in [0.25, 0.3) is 5.70 Å². The lowest BCUT2D eigenvalue weighted by atomic mass is 10.0. The first kappa shape index (κ1) is 14.7. The van der Waals surface area contributed by atoms with Crippen molar-refractivity contribution in [3.8, 4) is 0 Å². The molecule has 0 N–H and O–H groups in total. The SMILES string of the molecule is CN(C)C1=CC(N(C)C)N(C)c2cc(N(C)C)ccc21. The van der Waals surface area contributed by atoms with Crippen molar-refractivity contribution < 1.29 is 0 Å². The van der Waals surface area contributed by atoms with Crippen molar-refractivity contribution in [1.29, 1.82) is 0 Å². The molecule has 110 valence electrons. The van der Waals surface area contributed by atoms with Gasteiger partial charge in [0.05, 0.1) is 0 Å². The molecule has 1 unspecified atom stereocenters. The van der Waals surface area contributed by atoms with E-state index in [-0.39, 0.29) is 6.17 Å². The largest absolute Gasteiger partial charge is 0.378 e. The molecule has 0 aromatic heterocycles. The minimum absolute atomic E-state index is 0.275. The van der Waals surface area contributed by atoms with Gasteiger partial charge >= 0.3 is 0 Å². The molecule has 1 aliphatic heterocycles. The fraction of sp³-hybridized carbons (Fsp3) is 0.500. The summed E-state index contributed by atoms with van der Waals surface area (Å²) in [6.45, 7) is 0. The zero-order valence-electron chi connectivity index (χ0n) is 13.7. The minimum atomic E-state index is 0.275. The smallest absolute Gasteiger partial charge is 0.103 e. The van der Waals surface area contributed by atoms with Gasteiger partial charge in [-0.25, -0.2) is 0 Å². The molecule has 0 fully saturated rings. The van der Waals surface area contributed by atoms with Crippen LogP contribution in [0.2, 0.25) is 0 Å². The van der Waals surface area contributed by atoms with Crippen molar-refractivity contribution in [2.45, 2.75) is 6.17 Å². The van der Waals surface area contributed by atoms with Gasteiger partial charge < -0.3 is 14.7 Å². The third-order valence-corrected chi connectivity index (χ3v) is 3.87. The van der Waals surface area contributed by atoms with Crippen LogP contribution < -0.4 is 9.80 Å². The van der Waals surface area contributed by atoms with E-state index >= 15 is 0 Å². The second-order valence-corrected chi connectivity index (χ2v) is 6.03. The van der Waals surface area contributed by atoms with Gasteiger partial charge in [0.2, 0.25) is 0 Å². The van der Waals surface area contributed by atoms with Gasteiger partial charge in [0.25, 0.3) is 0 Å². The third kappa shape index (κ3) is 2.48. The second-order valence-electron chi connectivity index (χ2n) is 6.03. The van der Waals surface area contributed by atoms with Gasteiger partial charge in [-0.3, -0.25) is 4.90 Å². The average molecular weight is 274 g/mol. The molecule has 0 radical (unpaired) electrons. The van der Waals surface area contributed by atoms with Crippen molar-refractivity contribution in [2.75, 3.05) is 59.1 Å². The van der Waals surface area contributed by atoms with Crippen LogP contribution in [0, 0.1) is 0 Å². The summed E-state index contributed by atoms with van der Waals surface area (Å²) < 4.78 is 0. The Morgan fingerprint density at radius 1 is 0.950 bits per heavy atom. The molecule has 0 bridgehead atoms. The maximum atomic E-state index is 2.33. The summed E-state index contributed by atoms with van der Waals surface area (Å²) in [5, 5.41) is 0. The number of nitrogens with zero attached hydrogens (tertiary/aromatic N) is 4. The first-order valence-corrected chi connectivity index (χ1v) is 6.93. The molecule has 2 rings (SSSR count). The maximum absolute atomic E-state index is 2.33. The van der Waals surface area contributed by atoms with Gasteiger partial charge in [0.15, 0.2) is 0 Å². The number of fused-ring (bicyclic) bond motifs is 1. The fourth-order valence-corrected chi connectivity index (χ4v) is 2.68. The Morgan fingerprint density at radius 2 is 1.60 bits per heavy atom. The Balaban J connectivity index is 2.57. The van der Waals surface area contributed by atoms with E-state index in [1.54, 1.807) is 0 Å². The van der Waals surface area contributed by atoms with Gasteiger partial charge in [-0.05, 0) is 38.4 Å². The van der Waals surface area contributed by atoms with Crippen LogP contribution in [0.15, 0.2) is 24.3 Å². The number of hydrogen-bond donors (Lipinski definition) is 0. The van der Waals surface area contributed by atoms with Crippen LogP contribution >= 0.6 is 0 Å². The summed E-state index contributed by atoms with van der Waals surface area (Å²) in [6.07, 6.45) is 2.59.